The molecule has 0 saturated heterocycles. The first-order valence-electron chi connectivity index (χ1n) is 6.88. The summed E-state index contributed by atoms with van der Waals surface area (Å²) in [6.07, 6.45) is -2.57. The summed E-state index contributed by atoms with van der Waals surface area (Å²) in [6, 6.07) is 11.6. The van der Waals surface area contributed by atoms with Gasteiger partial charge in [0.1, 0.15) is 0 Å². The molecule has 118 valence electrons. The molecule has 0 bridgehead atoms. The smallest absolute Gasteiger partial charge is 0.351 e. The van der Waals surface area contributed by atoms with Crippen molar-refractivity contribution in [3.05, 3.63) is 65.9 Å². The van der Waals surface area contributed by atoms with E-state index in [1.54, 1.807) is 18.2 Å². The molecule has 0 fully saturated rings. The van der Waals surface area contributed by atoms with Crippen molar-refractivity contribution in [2.75, 3.05) is 5.32 Å². The van der Waals surface area contributed by atoms with E-state index in [1.165, 1.54) is 12.1 Å². The maximum Gasteiger partial charge on any atom is 0.416 e. The van der Waals surface area contributed by atoms with Gasteiger partial charge in [0.15, 0.2) is 0 Å². The highest BCUT2D eigenvalue weighted by molar-refractivity contribution is 6.06. The van der Waals surface area contributed by atoms with Gasteiger partial charge in [0, 0.05) is 35.4 Å². The lowest BCUT2D eigenvalue weighted by atomic mass is 10.1. The first-order chi connectivity index (χ1) is 10.8. The number of nitrogens with one attached hydrogen (secondary N) is 1. The number of carbonyl (C=O) groups is 1. The van der Waals surface area contributed by atoms with Crippen molar-refractivity contribution < 1.29 is 18.0 Å². The molecule has 0 aliphatic heterocycles. The number of hydrogen-bond donors (Lipinski definition) is 1. The number of halogens is 3. The monoisotopic (exact) mass is 318 g/mol. The van der Waals surface area contributed by atoms with Gasteiger partial charge in [-0.05, 0) is 42.5 Å². The molecule has 1 N–H and O–H groups in total. The Hall–Kier alpha value is -2.76. The molecule has 1 aromatic heterocycles. The Labute approximate surface area is 130 Å². The summed E-state index contributed by atoms with van der Waals surface area (Å²) < 4.78 is 40.0. The summed E-state index contributed by atoms with van der Waals surface area (Å²) in [5, 5.41) is 3.39. The van der Waals surface area contributed by atoms with Crippen LogP contribution in [0, 0.1) is 0 Å². The predicted octanol–water partition coefficient (Wildman–Crippen LogP) is 4.45. The summed E-state index contributed by atoms with van der Waals surface area (Å²) in [4.78, 5) is 12.2. The topological polar surface area (TPSA) is 34.0 Å². The Morgan fingerprint density at radius 3 is 2.61 bits per heavy atom. The Bertz CT molecular complexity index is 881. The second kappa shape index (κ2) is 5.46. The molecule has 0 saturated carbocycles. The Morgan fingerprint density at radius 1 is 1.09 bits per heavy atom. The molecule has 3 aromatic rings. The largest absolute Gasteiger partial charge is 0.416 e. The minimum atomic E-state index is -4.44. The number of nitrogens with zero attached hydrogens (tertiary/aromatic N) is 1. The molecule has 0 aliphatic rings. The quantitative estimate of drug-likeness (QED) is 0.744. The molecule has 23 heavy (non-hydrogen) atoms. The van der Waals surface area contributed by atoms with Gasteiger partial charge in [-0.15, -0.1) is 0 Å². The van der Waals surface area contributed by atoms with E-state index in [1.807, 2.05) is 23.9 Å². The highest BCUT2D eigenvalue weighted by Gasteiger charge is 2.30. The number of alkyl halides is 3. The van der Waals surface area contributed by atoms with Gasteiger partial charge >= 0.3 is 6.18 Å². The summed E-state index contributed by atoms with van der Waals surface area (Å²) in [5.41, 5.74) is 0.675. The molecule has 0 aliphatic carbocycles. The maximum absolute atomic E-state index is 12.7. The summed E-state index contributed by atoms with van der Waals surface area (Å²) in [7, 11) is 1.89. The number of fused-ring (bicyclic) bond motifs is 1. The normalized spacial score (nSPS) is 11.7. The molecule has 1 amide bonds. The van der Waals surface area contributed by atoms with Crippen LogP contribution < -0.4 is 5.32 Å². The average molecular weight is 318 g/mol. The summed E-state index contributed by atoms with van der Waals surface area (Å²) in [6.45, 7) is 0. The van der Waals surface area contributed by atoms with Crippen molar-refractivity contribution in [3.63, 3.8) is 0 Å². The maximum atomic E-state index is 12.7. The second-order valence-corrected chi connectivity index (χ2v) is 5.23. The van der Waals surface area contributed by atoms with Crippen LogP contribution in [0.1, 0.15) is 15.9 Å². The van der Waals surface area contributed by atoms with Gasteiger partial charge in [-0.25, -0.2) is 0 Å². The van der Waals surface area contributed by atoms with Crippen LogP contribution in [0.5, 0.6) is 0 Å². The van der Waals surface area contributed by atoms with Gasteiger partial charge < -0.3 is 9.88 Å². The summed E-state index contributed by atoms with van der Waals surface area (Å²) in [5.74, 6) is -0.449. The molecule has 2 aromatic carbocycles. The fraction of sp³-hybridized carbons (Fsp3) is 0.118. The molecular weight excluding hydrogens is 305 g/mol. The highest BCUT2D eigenvalue weighted by Crippen LogP contribution is 2.30. The number of anilines is 1. The van der Waals surface area contributed by atoms with E-state index in [0.29, 0.717) is 5.56 Å². The molecule has 0 unspecified atom stereocenters. The van der Waals surface area contributed by atoms with Gasteiger partial charge in [0.2, 0.25) is 0 Å². The van der Waals surface area contributed by atoms with E-state index in [-0.39, 0.29) is 5.69 Å². The number of aryl methyl sites for hydroxylation is 1. The molecule has 0 spiro atoms. The van der Waals surface area contributed by atoms with E-state index in [2.05, 4.69) is 5.32 Å². The van der Waals surface area contributed by atoms with Crippen molar-refractivity contribution in [2.45, 2.75) is 6.18 Å². The fourth-order valence-electron chi connectivity index (χ4n) is 2.40. The first-order valence-corrected chi connectivity index (χ1v) is 6.88. The minimum Gasteiger partial charge on any atom is -0.351 e. The first kappa shape index (κ1) is 15.1. The van der Waals surface area contributed by atoms with Gasteiger partial charge in [-0.1, -0.05) is 6.07 Å². The molecule has 0 radical (unpaired) electrons. The molecule has 0 atom stereocenters. The molecule has 6 heteroatoms. The van der Waals surface area contributed by atoms with Crippen molar-refractivity contribution in [3.8, 4) is 0 Å². The number of amides is 1. The van der Waals surface area contributed by atoms with E-state index < -0.39 is 17.6 Å². The number of hydrogen-bond acceptors (Lipinski definition) is 1. The Kier molecular flexibility index (Phi) is 3.60. The van der Waals surface area contributed by atoms with E-state index in [0.717, 1.165) is 23.0 Å². The zero-order valence-electron chi connectivity index (χ0n) is 12.2. The van der Waals surface area contributed by atoms with Crippen LogP contribution in [0.25, 0.3) is 10.9 Å². The molecular formula is C17H13F3N2O. The van der Waals surface area contributed by atoms with Crippen LogP contribution in [-0.2, 0) is 13.2 Å². The molecule has 3 rings (SSSR count). The molecule has 3 nitrogen and oxygen atoms in total. The highest BCUT2D eigenvalue weighted by atomic mass is 19.4. The van der Waals surface area contributed by atoms with Crippen molar-refractivity contribution >= 4 is 22.5 Å². The molecule has 1 heterocycles. The number of aromatic nitrogens is 1. The zero-order chi connectivity index (χ0) is 16.6. The SMILES string of the molecule is Cn1ccc2cc(C(=O)Nc3cccc(C(F)(F)F)c3)ccc21. The van der Waals surface area contributed by atoms with Gasteiger partial charge in [0.05, 0.1) is 5.56 Å². The van der Waals surface area contributed by atoms with Gasteiger partial charge in [-0.3, -0.25) is 4.79 Å². The van der Waals surface area contributed by atoms with Crippen LogP contribution in [-0.4, -0.2) is 10.5 Å². The van der Waals surface area contributed by atoms with Crippen LogP contribution in [0.4, 0.5) is 18.9 Å². The Morgan fingerprint density at radius 2 is 1.87 bits per heavy atom. The third-order valence-corrected chi connectivity index (χ3v) is 3.60. The standard InChI is InChI=1S/C17H13F3N2O/c1-22-8-7-11-9-12(5-6-15(11)22)16(23)21-14-4-2-3-13(10-14)17(18,19)20/h2-10H,1H3,(H,21,23). The lowest BCUT2D eigenvalue weighted by molar-refractivity contribution is -0.137. The van der Waals surface area contributed by atoms with E-state index >= 15 is 0 Å². The average Bonchev–Trinajstić information content (AvgIpc) is 2.87. The fourth-order valence-corrected chi connectivity index (χ4v) is 2.40. The van der Waals surface area contributed by atoms with Crippen LogP contribution >= 0.6 is 0 Å². The third kappa shape index (κ3) is 3.06. The minimum absolute atomic E-state index is 0.109. The lowest BCUT2D eigenvalue weighted by Gasteiger charge is -2.10. The number of rotatable bonds is 2. The van der Waals surface area contributed by atoms with Crippen LogP contribution in [0.3, 0.4) is 0 Å². The van der Waals surface area contributed by atoms with Gasteiger partial charge in [0.25, 0.3) is 5.91 Å². The predicted molar refractivity (Wildman–Crippen MR) is 82.3 cm³/mol. The Balaban J connectivity index is 1.85. The lowest BCUT2D eigenvalue weighted by Crippen LogP contribution is -2.13. The zero-order valence-corrected chi connectivity index (χ0v) is 12.2. The number of benzene rings is 2. The second-order valence-electron chi connectivity index (χ2n) is 5.23. The van der Waals surface area contributed by atoms with Crippen molar-refractivity contribution in [2.24, 2.45) is 7.05 Å². The van der Waals surface area contributed by atoms with E-state index in [9.17, 15) is 18.0 Å². The van der Waals surface area contributed by atoms with E-state index in [4.69, 9.17) is 0 Å². The number of carbonyl (C=O) groups excluding carboxylic acids is 1. The van der Waals surface area contributed by atoms with Gasteiger partial charge in [-0.2, -0.15) is 13.2 Å². The third-order valence-electron chi connectivity index (χ3n) is 3.60. The summed E-state index contributed by atoms with van der Waals surface area (Å²) >= 11 is 0. The van der Waals surface area contributed by atoms with Crippen molar-refractivity contribution in [1.29, 1.82) is 0 Å². The van der Waals surface area contributed by atoms with Crippen LogP contribution in [0.2, 0.25) is 0 Å². The van der Waals surface area contributed by atoms with Crippen molar-refractivity contribution in [1.82, 2.24) is 4.57 Å². The van der Waals surface area contributed by atoms with Crippen LogP contribution in [0.15, 0.2) is 54.7 Å².